The van der Waals surface area contributed by atoms with Crippen LogP contribution in [0.2, 0.25) is 0 Å². The average Bonchev–Trinajstić information content (AvgIpc) is 1.20. The summed E-state index contributed by atoms with van der Waals surface area (Å²) < 4.78 is 20.6. The minimum absolute atomic E-state index is 0.0220. The minimum atomic E-state index is 0.0220. The number of methoxy groups -OCH3 is 2. The molecule has 0 aliphatic carbocycles. The van der Waals surface area contributed by atoms with E-state index in [1.807, 2.05) is 102 Å². The smallest absolute Gasteiger partial charge is 0.319 e. The summed E-state index contributed by atoms with van der Waals surface area (Å²) in [6.07, 6.45) is 9.37. The summed E-state index contributed by atoms with van der Waals surface area (Å²) >= 11 is 0. The lowest BCUT2D eigenvalue weighted by molar-refractivity contribution is -0.135. The Labute approximate surface area is 854 Å². The van der Waals surface area contributed by atoms with E-state index in [1.54, 1.807) is 31.1 Å². The van der Waals surface area contributed by atoms with Gasteiger partial charge in [-0.1, -0.05) is 74.0 Å². The number of carbonyl (C=O) groups is 8. The molecular weight excluding hydrogens is 1790 g/mol. The number of nitrogens with zero attached hydrogens (tertiary/aromatic N) is 18. The molecular formula is C109H200N18O14. The fourth-order valence-corrected chi connectivity index (χ4v) is 18.9. The van der Waals surface area contributed by atoms with Crippen molar-refractivity contribution < 1.29 is 67.5 Å². The van der Waals surface area contributed by atoms with Crippen molar-refractivity contribution in [2.75, 3.05) is 304 Å². The summed E-state index contributed by atoms with van der Waals surface area (Å²) in [5.74, 6) is 2.83. The van der Waals surface area contributed by atoms with Crippen LogP contribution in [0.1, 0.15) is 214 Å². The molecule has 2 atom stereocenters. The summed E-state index contributed by atoms with van der Waals surface area (Å²) in [5.41, 5.74) is 2.96. The van der Waals surface area contributed by atoms with Crippen molar-refractivity contribution in [2.24, 2.45) is 17.8 Å². The van der Waals surface area contributed by atoms with Gasteiger partial charge in [0.15, 0.2) is 0 Å². The molecule has 12 rings (SSSR count). The number of aliphatic hydroxyl groups is 2. The first-order valence-electron chi connectivity index (χ1n) is 54.0. The first-order valence-corrected chi connectivity index (χ1v) is 54.0. The molecule has 0 bridgehead atoms. The van der Waals surface area contributed by atoms with Crippen LogP contribution in [0.5, 0.6) is 0 Å². The number of urea groups is 2. The predicted octanol–water partition coefficient (Wildman–Crippen LogP) is 10.1. The predicted molar refractivity (Wildman–Crippen MR) is 568 cm³/mol. The SMILES string of the molecule is CC(C)(C)N1CCN(C(=O)CC2CCOC2)CC1.CC(C)(C)N1CCN(C(=O)CCc2ccccc2)CC1.CC(C)N1CCN(C(=O)CC2CCOCC2)CC1.CC(C)N1CCN(C(=O)Cc2ccccc2)CC1.CC(C)N1CCN(C(=O)N(C)CCO)CC1.CCC(CO)CC(=O)N1CCN(C(C)(C)C)CC1.COCCCC(=O)N1CCN(C(C)C)CC1.COCCN(C)C(=O)N1CCN(C(C)C)CC1. The van der Waals surface area contributed by atoms with Gasteiger partial charge in [-0.3, -0.25) is 68.0 Å². The number of hydrogen-bond donors (Lipinski definition) is 2. The molecule has 32 nitrogen and oxygen atoms in total. The van der Waals surface area contributed by atoms with Crippen LogP contribution in [0.15, 0.2) is 60.7 Å². The van der Waals surface area contributed by atoms with E-state index in [4.69, 9.17) is 29.2 Å². The molecule has 10 aliphatic rings. The lowest BCUT2D eigenvalue weighted by Gasteiger charge is -2.42. The van der Waals surface area contributed by atoms with E-state index in [-0.39, 0.29) is 65.5 Å². The van der Waals surface area contributed by atoms with Gasteiger partial charge in [0.1, 0.15) is 0 Å². The molecule has 2 aromatic carbocycles. The summed E-state index contributed by atoms with van der Waals surface area (Å²) in [4.78, 5) is 135. The van der Waals surface area contributed by atoms with Gasteiger partial charge >= 0.3 is 12.1 Å². The molecule has 2 unspecified atom stereocenters. The van der Waals surface area contributed by atoms with E-state index in [0.29, 0.717) is 118 Å². The monoisotopic (exact) mass is 1990 g/mol. The first-order chi connectivity index (χ1) is 66.9. The van der Waals surface area contributed by atoms with Gasteiger partial charge in [0.2, 0.25) is 35.4 Å². The molecule has 10 amide bonds. The van der Waals surface area contributed by atoms with Crippen molar-refractivity contribution in [3.63, 3.8) is 0 Å². The zero-order valence-corrected chi connectivity index (χ0v) is 92.9. The zero-order valence-electron chi connectivity index (χ0n) is 92.9. The number of rotatable bonds is 27. The van der Waals surface area contributed by atoms with Gasteiger partial charge in [-0.05, 0) is 193 Å². The fraction of sp³-hybridized carbons (Fsp3) is 0.817. The van der Waals surface area contributed by atoms with Gasteiger partial charge in [-0.15, -0.1) is 0 Å². The Balaban J connectivity index is 0.000000284. The first kappa shape index (κ1) is 125. The second-order valence-corrected chi connectivity index (χ2v) is 44.1. The van der Waals surface area contributed by atoms with Gasteiger partial charge in [-0.25, -0.2) is 9.59 Å². The van der Waals surface area contributed by atoms with Crippen LogP contribution in [-0.4, -0.2) is 496 Å². The van der Waals surface area contributed by atoms with Gasteiger partial charge in [0, 0.05) is 369 Å². The van der Waals surface area contributed by atoms with E-state index >= 15 is 0 Å². The maximum absolute atomic E-state index is 12.2. The summed E-state index contributed by atoms with van der Waals surface area (Å²) in [7, 11) is 6.88. The maximum atomic E-state index is 12.2. The van der Waals surface area contributed by atoms with Crippen molar-refractivity contribution in [3.8, 4) is 0 Å². The van der Waals surface area contributed by atoms with Crippen LogP contribution in [0, 0.1) is 17.8 Å². The number of carbonyl (C=O) groups excluding carboxylic acids is 8. The van der Waals surface area contributed by atoms with Crippen molar-refractivity contribution in [1.29, 1.82) is 0 Å². The van der Waals surface area contributed by atoms with E-state index in [0.717, 1.165) is 286 Å². The molecule has 2 aromatic rings. The molecule has 10 heterocycles. The second-order valence-electron chi connectivity index (χ2n) is 44.1. The number of ether oxygens (including phenoxy) is 4. The Morgan fingerprint density at radius 1 is 0.369 bits per heavy atom. The van der Waals surface area contributed by atoms with E-state index < -0.39 is 0 Å². The van der Waals surface area contributed by atoms with Gasteiger partial charge in [-0.2, -0.15) is 0 Å². The lowest BCUT2D eigenvalue weighted by Crippen LogP contribution is -2.54. The highest BCUT2D eigenvalue weighted by atomic mass is 16.5. The molecule has 0 saturated carbocycles. The van der Waals surface area contributed by atoms with Crippen molar-refractivity contribution in [2.45, 2.75) is 262 Å². The molecule has 141 heavy (non-hydrogen) atoms. The standard InChI is InChI=1S/C17H26N2O.C15H22N2O.2C14H26N2O2.C14H28N2O2.C12H25N3O2.C12H24N2O2.C11H23N3O2/c1-17(2,3)19-13-11-18(12-14-19)16(20)10-9-15-7-5-4-6-8-15;1-13(2)16-8-10-17(11-9-16)15(18)12-14-6-4-3-5-7-14;1-14(2,3)16-7-5-15(6-8-16)13(17)10-12-4-9-18-11-12;1-12(2)15-5-7-16(8-6-15)14(17)11-13-3-9-18-10-4-13;1-5-12(11-17)10-13(18)15-6-8-16(9-7-15)14(2,3)4;1-11(2)14-5-7-15(8-6-14)12(16)13(3)9-10-17-4;1-11(2)13-6-8-14(9-7-13)12(15)5-4-10-16-3;1-10(2)13-4-6-14(7-5-13)11(16)12(3)8-9-15/h4-8H,9-14H2,1-3H3;3-7,13H,8-12H2,1-2H3;12H,4-11H2,1-3H3;12-13H,3-11H2,1-2H3;12,17H,5-11H2,1-4H3;11H,5-10H2,1-4H3;11H,4-10H2,1-3H3;10,15H,4-9H2,1-3H3. The van der Waals surface area contributed by atoms with Crippen LogP contribution in [-0.2, 0) is 60.6 Å². The maximum Gasteiger partial charge on any atom is 0.319 e. The topological polar surface area (TPSA) is 272 Å². The Bertz CT molecular complexity index is 3670. The van der Waals surface area contributed by atoms with Crippen molar-refractivity contribution in [3.05, 3.63) is 71.8 Å². The third kappa shape index (κ3) is 47.7. The Hall–Kier alpha value is -6.76. The second kappa shape index (κ2) is 66.5. The number of benzene rings is 2. The molecule has 32 heteroatoms. The minimum Gasteiger partial charge on any atom is -0.396 e. The third-order valence-corrected chi connectivity index (χ3v) is 29.3. The summed E-state index contributed by atoms with van der Waals surface area (Å²) in [5, 5.41) is 17.9. The van der Waals surface area contributed by atoms with Crippen LogP contribution < -0.4 is 0 Å². The number of aliphatic hydroxyl groups excluding tert-OH is 2. The molecule has 0 aromatic heterocycles. The summed E-state index contributed by atoms with van der Waals surface area (Å²) in [6, 6.07) is 23.3. The number of piperazine rings is 8. The summed E-state index contributed by atoms with van der Waals surface area (Å²) in [6.45, 7) is 79.2. The molecule has 10 fully saturated rings. The molecule has 10 saturated heterocycles. The largest absolute Gasteiger partial charge is 0.396 e. The van der Waals surface area contributed by atoms with Gasteiger partial charge in [0.05, 0.1) is 19.6 Å². The van der Waals surface area contributed by atoms with Crippen LogP contribution >= 0.6 is 0 Å². The highest BCUT2D eigenvalue weighted by Crippen LogP contribution is 2.26. The Morgan fingerprint density at radius 2 is 0.674 bits per heavy atom. The number of amides is 10. The quantitative estimate of drug-likeness (QED) is 0.0787. The molecule has 0 spiro atoms. The Kier molecular flexibility index (Phi) is 58.8. The number of likely N-dealkylation sites (N-methyl/N-ethyl adjacent to an activating group) is 2. The van der Waals surface area contributed by atoms with E-state index in [2.05, 4.69) is 183 Å². The molecule has 2 N–H and O–H groups in total. The number of hydrogen-bond acceptors (Lipinski definition) is 22. The van der Waals surface area contributed by atoms with Crippen LogP contribution in [0.3, 0.4) is 0 Å². The number of aryl methyl sites for hydroxylation is 1. The fourth-order valence-electron chi connectivity index (χ4n) is 18.9. The van der Waals surface area contributed by atoms with Crippen molar-refractivity contribution >= 4 is 47.5 Å². The van der Waals surface area contributed by atoms with E-state index in [1.165, 1.54) is 5.56 Å². The zero-order chi connectivity index (χ0) is 104. The average molecular weight is 1990 g/mol. The van der Waals surface area contributed by atoms with Crippen molar-refractivity contribution in [1.82, 2.24) is 88.2 Å². The van der Waals surface area contributed by atoms with E-state index in [9.17, 15) is 38.4 Å². The molecule has 810 valence electrons. The van der Waals surface area contributed by atoms with Crippen LogP contribution in [0.25, 0.3) is 0 Å². The molecule has 10 aliphatic heterocycles. The van der Waals surface area contributed by atoms with Gasteiger partial charge in [0.25, 0.3) is 0 Å². The highest BCUT2D eigenvalue weighted by Gasteiger charge is 2.35. The van der Waals surface area contributed by atoms with Crippen LogP contribution in [0.4, 0.5) is 9.59 Å². The van der Waals surface area contributed by atoms with Gasteiger partial charge < -0.3 is 78.2 Å². The third-order valence-electron chi connectivity index (χ3n) is 29.3. The lowest BCUT2D eigenvalue weighted by atomic mass is 9.96. The highest BCUT2D eigenvalue weighted by molar-refractivity contribution is 5.80. The molecule has 0 radical (unpaired) electrons. The normalized spacial score (nSPS) is 19.8. The Morgan fingerprint density at radius 3 is 1.00 bits per heavy atom.